The van der Waals surface area contributed by atoms with Crippen molar-refractivity contribution in [2.45, 2.75) is 11.1 Å². The largest absolute Gasteiger partial charge is 0.481 e. The van der Waals surface area contributed by atoms with Gasteiger partial charge in [-0.05, 0) is 18.4 Å². The zero-order valence-electron chi connectivity index (χ0n) is 11.9. The number of thiophene rings is 1. The van der Waals surface area contributed by atoms with Gasteiger partial charge in [-0.25, -0.2) is 8.42 Å². The van der Waals surface area contributed by atoms with Gasteiger partial charge in [0.2, 0.25) is 5.91 Å². The molecule has 0 radical (unpaired) electrons. The summed E-state index contributed by atoms with van der Waals surface area (Å²) >= 11 is 1.09. The Kier molecular flexibility index (Phi) is 3.54. The Balaban J connectivity index is 1.96. The molecule has 2 saturated heterocycles. The minimum atomic E-state index is -3.74. The molecule has 2 fully saturated rings. The Morgan fingerprint density at radius 1 is 1.50 bits per heavy atom. The fraction of sp³-hybridized carbons (Fsp3) is 0.538. The maximum Gasteiger partial charge on any atom is 0.313 e. The number of hydrogen-bond acceptors (Lipinski definition) is 5. The zero-order chi connectivity index (χ0) is 16.1. The molecule has 0 aromatic carbocycles. The second-order valence-electron chi connectivity index (χ2n) is 5.60. The molecule has 22 heavy (non-hydrogen) atoms. The molecule has 9 heteroatoms. The van der Waals surface area contributed by atoms with Gasteiger partial charge < -0.3 is 10.0 Å². The van der Waals surface area contributed by atoms with Crippen molar-refractivity contribution in [1.82, 2.24) is 9.21 Å². The SMILES string of the molecule is CCN1C[C@@]2(C(=O)O)CN(S(=O)(=O)c3cccs3)C[C@H]2C1=O. The summed E-state index contributed by atoms with van der Waals surface area (Å²) in [5.74, 6) is -2.18. The average Bonchev–Trinajstić information content (AvgIpc) is 3.15. The highest BCUT2D eigenvalue weighted by atomic mass is 32.2. The fourth-order valence-electron chi connectivity index (χ4n) is 3.25. The Bertz CT molecular complexity index is 715. The number of fused-ring (bicyclic) bond motifs is 1. The van der Waals surface area contributed by atoms with E-state index in [1.807, 2.05) is 0 Å². The van der Waals surface area contributed by atoms with E-state index in [-0.39, 0.29) is 29.8 Å². The molecule has 120 valence electrons. The number of carbonyl (C=O) groups excluding carboxylic acids is 1. The highest BCUT2D eigenvalue weighted by Crippen LogP contribution is 2.45. The van der Waals surface area contributed by atoms with Crippen LogP contribution < -0.4 is 0 Å². The van der Waals surface area contributed by atoms with Crippen LogP contribution in [0.2, 0.25) is 0 Å². The highest BCUT2D eigenvalue weighted by molar-refractivity contribution is 7.91. The van der Waals surface area contributed by atoms with Crippen LogP contribution in [0.25, 0.3) is 0 Å². The van der Waals surface area contributed by atoms with E-state index in [2.05, 4.69) is 0 Å². The molecule has 2 atom stereocenters. The predicted molar refractivity (Wildman–Crippen MR) is 78.9 cm³/mol. The van der Waals surface area contributed by atoms with Crippen molar-refractivity contribution >= 4 is 33.2 Å². The van der Waals surface area contributed by atoms with Crippen LogP contribution in [0.5, 0.6) is 0 Å². The second kappa shape index (κ2) is 5.04. The zero-order valence-corrected chi connectivity index (χ0v) is 13.6. The first-order valence-electron chi connectivity index (χ1n) is 6.89. The van der Waals surface area contributed by atoms with Crippen molar-refractivity contribution in [3.05, 3.63) is 17.5 Å². The summed E-state index contributed by atoms with van der Waals surface area (Å²) in [5, 5.41) is 11.3. The molecule has 0 aliphatic carbocycles. The summed E-state index contributed by atoms with van der Waals surface area (Å²) in [4.78, 5) is 25.6. The molecule has 1 aromatic heterocycles. The number of sulfonamides is 1. The topological polar surface area (TPSA) is 95.0 Å². The third-order valence-corrected chi connectivity index (χ3v) is 7.68. The standard InChI is InChI=1S/C13H16N2O5S2/c1-2-14-7-13(12(17)18)8-15(6-9(13)11(14)16)22(19,20)10-4-3-5-21-10/h3-5,9H,2,6-8H2,1H3,(H,17,18)/t9-,13+/m0/s1. The van der Waals surface area contributed by atoms with Crippen LogP contribution in [-0.2, 0) is 19.6 Å². The average molecular weight is 344 g/mol. The molecule has 3 rings (SSSR count). The number of carboxylic acids is 1. The van der Waals surface area contributed by atoms with E-state index in [1.165, 1.54) is 11.0 Å². The summed E-state index contributed by atoms with van der Waals surface area (Å²) in [7, 11) is -3.74. The van der Waals surface area contributed by atoms with Gasteiger partial charge in [-0.3, -0.25) is 9.59 Å². The molecule has 2 aliphatic rings. The molecule has 0 spiro atoms. The summed E-state index contributed by atoms with van der Waals surface area (Å²) in [6, 6.07) is 3.12. The maximum atomic E-state index is 12.6. The van der Waals surface area contributed by atoms with E-state index in [9.17, 15) is 23.1 Å². The Morgan fingerprint density at radius 3 is 2.73 bits per heavy atom. The first-order valence-corrected chi connectivity index (χ1v) is 9.21. The number of hydrogen-bond donors (Lipinski definition) is 1. The summed E-state index contributed by atoms with van der Waals surface area (Å²) in [5.41, 5.74) is -1.34. The van der Waals surface area contributed by atoms with Crippen LogP contribution in [0, 0.1) is 11.3 Å². The van der Waals surface area contributed by atoms with Crippen molar-refractivity contribution in [3.63, 3.8) is 0 Å². The fourth-order valence-corrected chi connectivity index (χ4v) is 5.92. The monoisotopic (exact) mass is 344 g/mol. The van der Waals surface area contributed by atoms with Crippen molar-refractivity contribution in [2.75, 3.05) is 26.2 Å². The lowest BCUT2D eigenvalue weighted by atomic mass is 9.81. The lowest BCUT2D eigenvalue weighted by Crippen LogP contribution is -2.41. The summed E-state index contributed by atoms with van der Waals surface area (Å²) < 4.78 is 26.5. The Morgan fingerprint density at radius 2 is 2.23 bits per heavy atom. The van der Waals surface area contributed by atoms with E-state index >= 15 is 0 Å². The molecule has 2 aliphatic heterocycles. The van der Waals surface area contributed by atoms with E-state index in [0.29, 0.717) is 6.54 Å². The van der Waals surface area contributed by atoms with Crippen LogP contribution in [0.15, 0.2) is 21.7 Å². The van der Waals surface area contributed by atoms with E-state index in [1.54, 1.807) is 18.4 Å². The molecule has 1 amide bonds. The molecule has 0 saturated carbocycles. The van der Waals surface area contributed by atoms with E-state index in [0.717, 1.165) is 15.6 Å². The minimum absolute atomic E-state index is 0.0676. The highest BCUT2D eigenvalue weighted by Gasteiger charge is 2.63. The minimum Gasteiger partial charge on any atom is -0.481 e. The van der Waals surface area contributed by atoms with Gasteiger partial charge in [-0.15, -0.1) is 11.3 Å². The number of amides is 1. The molecule has 7 nitrogen and oxygen atoms in total. The van der Waals surface area contributed by atoms with Gasteiger partial charge >= 0.3 is 5.97 Å². The van der Waals surface area contributed by atoms with Crippen LogP contribution in [0.4, 0.5) is 0 Å². The van der Waals surface area contributed by atoms with Crippen LogP contribution in [-0.4, -0.2) is 60.8 Å². The Labute approximate surface area is 132 Å². The van der Waals surface area contributed by atoms with Crippen LogP contribution in [0.3, 0.4) is 0 Å². The van der Waals surface area contributed by atoms with E-state index in [4.69, 9.17) is 0 Å². The second-order valence-corrected chi connectivity index (χ2v) is 8.71. The number of nitrogens with zero attached hydrogens (tertiary/aromatic N) is 2. The van der Waals surface area contributed by atoms with E-state index < -0.39 is 27.3 Å². The van der Waals surface area contributed by atoms with Gasteiger partial charge in [0, 0.05) is 26.2 Å². The van der Waals surface area contributed by atoms with Crippen LogP contribution in [0.1, 0.15) is 6.92 Å². The smallest absolute Gasteiger partial charge is 0.313 e. The molecule has 0 bridgehead atoms. The number of aliphatic carboxylic acids is 1. The van der Waals surface area contributed by atoms with Gasteiger partial charge in [0.05, 0.1) is 5.92 Å². The van der Waals surface area contributed by atoms with Crippen molar-refractivity contribution in [3.8, 4) is 0 Å². The third kappa shape index (κ3) is 1.99. The molecule has 1 aromatic rings. The molecule has 0 unspecified atom stereocenters. The van der Waals surface area contributed by atoms with Crippen molar-refractivity contribution < 1.29 is 23.1 Å². The quantitative estimate of drug-likeness (QED) is 0.848. The van der Waals surface area contributed by atoms with Gasteiger partial charge in [0.25, 0.3) is 10.0 Å². The molecule has 1 N–H and O–H groups in total. The molecular formula is C13H16N2O5S2. The number of carbonyl (C=O) groups is 2. The van der Waals surface area contributed by atoms with Crippen molar-refractivity contribution in [1.29, 1.82) is 0 Å². The van der Waals surface area contributed by atoms with Crippen LogP contribution >= 0.6 is 11.3 Å². The van der Waals surface area contributed by atoms with Crippen molar-refractivity contribution in [2.24, 2.45) is 11.3 Å². The van der Waals surface area contributed by atoms with Gasteiger partial charge in [-0.1, -0.05) is 6.07 Å². The molecule has 3 heterocycles. The number of carboxylic acid groups (broad SMARTS) is 1. The van der Waals surface area contributed by atoms with Gasteiger partial charge in [0.1, 0.15) is 9.62 Å². The predicted octanol–water partition coefficient (Wildman–Crippen LogP) is 0.302. The lowest BCUT2D eigenvalue weighted by Gasteiger charge is -2.24. The third-order valence-electron chi connectivity index (χ3n) is 4.49. The molecular weight excluding hydrogens is 328 g/mol. The number of likely N-dealkylation sites (tertiary alicyclic amines) is 1. The van der Waals surface area contributed by atoms with Gasteiger partial charge in [0.15, 0.2) is 0 Å². The summed E-state index contributed by atoms with van der Waals surface area (Å²) in [6.07, 6.45) is 0. The summed E-state index contributed by atoms with van der Waals surface area (Å²) in [6.45, 7) is 2.06. The first-order chi connectivity index (χ1) is 10.3. The Hall–Kier alpha value is -1.45. The maximum absolute atomic E-state index is 12.6. The van der Waals surface area contributed by atoms with Gasteiger partial charge in [-0.2, -0.15) is 4.31 Å². The first kappa shape index (κ1) is 15.4. The normalized spacial score (nSPS) is 29.0. The lowest BCUT2D eigenvalue weighted by molar-refractivity contribution is -0.149. The number of rotatable bonds is 4.